The van der Waals surface area contributed by atoms with Crippen molar-refractivity contribution in [2.24, 2.45) is 0 Å². The lowest BCUT2D eigenvalue weighted by Gasteiger charge is -2.23. The smallest absolute Gasteiger partial charge is 0.323 e. The maximum Gasteiger partial charge on any atom is 0.323 e. The van der Waals surface area contributed by atoms with E-state index in [2.05, 4.69) is 15.7 Å². The van der Waals surface area contributed by atoms with E-state index in [0.717, 1.165) is 23.4 Å². The van der Waals surface area contributed by atoms with Crippen LogP contribution in [0.4, 0.5) is 10.6 Å². The molecule has 2 amide bonds. The van der Waals surface area contributed by atoms with Crippen LogP contribution < -0.4 is 20.3 Å². The summed E-state index contributed by atoms with van der Waals surface area (Å²) in [7, 11) is 3.96. The van der Waals surface area contributed by atoms with Crippen molar-refractivity contribution in [1.29, 1.82) is 0 Å². The van der Waals surface area contributed by atoms with Gasteiger partial charge in [-0.3, -0.25) is 4.90 Å². The van der Waals surface area contributed by atoms with Gasteiger partial charge in [0.1, 0.15) is 18.2 Å². The van der Waals surface area contributed by atoms with Crippen molar-refractivity contribution in [3.63, 3.8) is 0 Å². The van der Waals surface area contributed by atoms with Gasteiger partial charge in [-0.25, -0.2) is 14.3 Å². The number of aromatic nitrogens is 3. The number of carbonyl (C=O) groups excluding carboxylic acids is 1. The summed E-state index contributed by atoms with van der Waals surface area (Å²) in [6.45, 7) is 3.69. The highest BCUT2D eigenvalue weighted by atomic mass is 16.5. The van der Waals surface area contributed by atoms with Crippen molar-refractivity contribution in [3.05, 3.63) is 42.7 Å². The molecule has 4 rings (SSSR count). The number of urea groups is 1. The van der Waals surface area contributed by atoms with Gasteiger partial charge in [-0.2, -0.15) is 5.10 Å². The number of benzene rings is 1. The van der Waals surface area contributed by atoms with Crippen molar-refractivity contribution >= 4 is 17.5 Å². The van der Waals surface area contributed by atoms with Crippen LogP contribution in [0.2, 0.25) is 0 Å². The maximum atomic E-state index is 12.9. The minimum absolute atomic E-state index is 0.165. The van der Waals surface area contributed by atoms with Crippen molar-refractivity contribution in [1.82, 2.24) is 30.1 Å². The lowest BCUT2D eigenvalue weighted by molar-refractivity contribution is 0.244. The summed E-state index contributed by atoms with van der Waals surface area (Å²) in [4.78, 5) is 21.4. The van der Waals surface area contributed by atoms with Gasteiger partial charge in [-0.05, 0) is 37.9 Å². The highest BCUT2D eigenvalue weighted by Gasteiger charge is 2.19. The number of anilines is 1. The minimum Gasteiger partial charge on any atom is -0.492 e. The fourth-order valence-corrected chi connectivity index (χ4v) is 3.33. The van der Waals surface area contributed by atoms with Gasteiger partial charge < -0.3 is 20.3 Å². The topological polar surface area (TPSA) is 87.0 Å². The standard InChI is InChI=1S/C21H27N7O2/c1-26(2)11-8-23-21(29)27-12-7-22-9-13-30-17-5-3-4-16(14-17)18-15-24-28-10-6-19(27)25-20(18)28/h3-6,10,14-15,22H,7-9,11-13H2,1-2H3,(H,23,29). The molecule has 4 bridgehead atoms. The Labute approximate surface area is 175 Å². The van der Waals surface area contributed by atoms with Crippen LogP contribution >= 0.6 is 0 Å². The molecule has 0 saturated carbocycles. The maximum absolute atomic E-state index is 12.9. The summed E-state index contributed by atoms with van der Waals surface area (Å²) in [5.41, 5.74) is 2.56. The van der Waals surface area contributed by atoms with E-state index >= 15 is 0 Å². The van der Waals surface area contributed by atoms with Crippen LogP contribution in [0.15, 0.2) is 42.7 Å². The zero-order valence-corrected chi connectivity index (χ0v) is 17.3. The molecule has 2 aromatic heterocycles. The molecule has 0 aliphatic carbocycles. The van der Waals surface area contributed by atoms with E-state index in [0.29, 0.717) is 44.3 Å². The number of ether oxygens (including phenoxy) is 1. The second-order valence-electron chi connectivity index (χ2n) is 7.43. The quantitative estimate of drug-likeness (QED) is 0.681. The molecule has 3 aromatic rings. The average molecular weight is 409 g/mol. The molecular weight excluding hydrogens is 382 g/mol. The number of hydrogen-bond donors (Lipinski definition) is 2. The Morgan fingerprint density at radius 1 is 1.30 bits per heavy atom. The van der Waals surface area contributed by atoms with Crippen LogP contribution in [-0.4, -0.2) is 79.0 Å². The Hall–Kier alpha value is -3.17. The van der Waals surface area contributed by atoms with E-state index in [1.54, 1.807) is 15.6 Å². The third kappa shape index (κ3) is 4.52. The van der Waals surface area contributed by atoms with Crippen LogP contribution in [-0.2, 0) is 0 Å². The molecule has 158 valence electrons. The van der Waals surface area contributed by atoms with Crippen LogP contribution in [0.25, 0.3) is 16.8 Å². The van der Waals surface area contributed by atoms with Crippen LogP contribution in [0.1, 0.15) is 0 Å². The number of likely N-dealkylation sites (N-methyl/N-ethyl adjacent to an activating group) is 1. The zero-order valence-electron chi connectivity index (χ0n) is 17.3. The second kappa shape index (κ2) is 9.10. The van der Waals surface area contributed by atoms with Crippen LogP contribution in [0.3, 0.4) is 0 Å². The second-order valence-corrected chi connectivity index (χ2v) is 7.43. The molecule has 9 nitrogen and oxygen atoms in total. The first-order valence-corrected chi connectivity index (χ1v) is 10.1. The summed E-state index contributed by atoms with van der Waals surface area (Å²) in [5, 5.41) is 10.7. The first-order chi connectivity index (χ1) is 14.6. The largest absolute Gasteiger partial charge is 0.492 e. The monoisotopic (exact) mass is 409 g/mol. The van der Waals surface area contributed by atoms with Gasteiger partial charge in [-0.15, -0.1) is 0 Å². The summed E-state index contributed by atoms with van der Waals surface area (Å²) < 4.78 is 7.58. The summed E-state index contributed by atoms with van der Waals surface area (Å²) in [6, 6.07) is 9.56. The minimum atomic E-state index is -0.165. The van der Waals surface area contributed by atoms with Gasteiger partial charge in [0.15, 0.2) is 5.65 Å². The molecule has 0 saturated heterocycles. The Morgan fingerprint density at radius 3 is 3.07 bits per heavy atom. The van der Waals surface area contributed by atoms with E-state index in [1.165, 1.54) is 0 Å². The van der Waals surface area contributed by atoms with Crippen LogP contribution in [0, 0.1) is 0 Å². The zero-order chi connectivity index (χ0) is 20.9. The van der Waals surface area contributed by atoms with Gasteiger partial charge in [0.05, 0.1) is 6.20 Å². The van der Waals surface area contributed by atoms with Crippen LogP contribution in [0.5, 0.6) is 5.75 Å². The van der Waals surface area contributed by atoms with E-state index in [4.69, 9.17) is 9.72 Å². The summed E-state index contributed by atoms with van der Waals surface area (Å²) >= 11 is 0. The average Bonchev–Trinajstić information content (AvgIpc) is 3.16. The highest BCUT2D eigenvalue weighted by molar-refractivity contribution is 5.91. The van der Waals surface area contributed by atoms with Crippen molar-refractivity contribution in [2.75, 3.05) is 58.3 Å². The predicted molar refractivity (Wildman–Crippen MR) is 116 cm³/mol. The SMILES string of the molecule is CN(C)CCNC(=O)N1CCNCCOc2cccc(c2)-c2cnn3ccc1nc23. The number of carbonyl (C=O) groups is 1. The van der Waals surface area contributed by atoms with E-state index in [1.807, 2.05) is 55.5 Å². The fraction of sp³-hybridized carbons (Fsp3) is 0.381. The van der Waals surface area contributed by atoms with Gasteiger partial charge in [0.2, 0.25) is 0 Å². The van der Waals surface area contributed by atoms with Gasteiger partial charge >= 0.3 is 6.03 Å². The number of amides is 2. The molecule has 3 heterocycles. The molecule has 0 fully saturated rings. The third-order valence-electron chi connectivity index (χ3n) is 4.92. The summed E-state index contributed by atoms with van der Waals surface area (Å²) in [6.07, 6.45) is 3.63. The van der Waals surface area contributed by atoms with E-state index < -0.39 is 0 Å². The number of hydrogen-bond acceptors (Lipinski definition) is 6. The van der Waals surface area contributed by atoms with E-state index in [9.17, 15) is 4.79 Å². The van der Waals surface area contributed by atoms with Gasteiger partial charge in [-0.1, -0.05) is 12.1 Å². The normalized spacial score (nSPS) is 14.6. The van der Waals surface area contributed by atoms with Crippen molar-refractivity contribution in [3.8, 4) is 16.9 Å². The molecule has 0 unspecified atom stereocenters. The van der Waals surface area contributed by atoms with Crippen molar-refractivity contribution < 1.29 is 9.53 Å². The molecule has 1 aliphatic rings. The molecule has 0 spiro atoms. The molecule has 0 atom stereocenters. The van der Waals surface area contributed by atoms with Gasteiger partial charge in [0.25, 0.3) is 0 Å². The molecule has 1 aliphatic heterocycles. The molecular formula is C21H27N7O2. The Balaban J connectivity index is 1.70. The summed E-state index contributed by atoms with van der Waals surface area (Å²) in [5.74, 6) is 1.40. The molecule has 0 radical (unpaired) electrons. The number of nitrogens with zero attached hydrogens (tertiary/aromatic N) is 5. The third-order valence-corrected chi connectivity index (χ3v) is 4.92. The molecule has 30 heavy (non-hydrogen) atoms. The first-order valence-electron chi connectivity index (χ1n) is 10.1. The Morgan fingerprint density at radius 2 is 2.20 bits per heavy atom. The molecule has 1 aromatic carbocycles. The Kier molecular flexibility index (Phi) is 6.10. The highest BCUT2D eigenvalue weighted by Crippen LogP contribution is 2.28. The number of fused-ring (bicyclic) bond motifs is 4. The Bertz CT molecular complexity index is 1020. The van der Waals surface area contributed by atoms with Crippen molar-refractivity contribution in [2.45, 2.75) is 0 Å². The fourth-order valence-electron chi connectivity index (χ4n) is 3.33. The lowest BCUT2D eigenvalue weighted by atomic mass is 10.1. The predicted octanol–water partition coefficient (Wildman–Crippen LogP) is 1.46. The first kappa shape index (κ1) is 20.1. The lowest BCUT2D eigenvalue weighted by Crippen LogP contribution is -2.45. The van der Waals surface area contributed by atoms with Gasteiger partial charge in [0, 0.05) is 44.5 Å². The number of nitrogens with one attached hydrogen (secondary N) is 2. The van der Waals surface area contributed by atoms with E-state index in [-0.39, 0.29) is 6.03 Å². The number of rotatable bonds is 3. The molecule has 9 heteroatoms. The molecule has 2 N–H and O–H groups in total.